The van der Waals surface area contributed by atoms with E-state index >= 15 is 0 Å². The number of nitrogens with two attached hydrogens (primary N) is 1. The molecule has 2 N–H and O–H groups in total. The van der Waals surface area contributed by atoms with E-state index in [9.17, 15) is 4.79 Å². The van der Waals surface area contributed by atoms with E-state index in [2.05, 4.69) is 6.92 Å². The molecule has 1 saturated carbocycles. The Bertz CT molecular complexity index is 754. The maximum absolute atomic E-state index is 12.6. The number of aromatic nitrogens is 2. The Hall–Kier alpha value is -1.68. The van der Waals surface area contributed by atoms with Crippen LogP contribution in [0.15, 0.2) is 16.9 Å². The Morgan fingerprint density at radius 1 is 1.40 bits per heavy atom. The van der Waals surface area contributed by atoms with Crippen molar-refractivity contribution in [3.05, 3.63) is 39.4 Å². The molecule has 0 spiro atoms. The van der Waals surface area contributed by atoms with Crippen molar-refractivity contribution in [1.82, 2.24) is 9.55 Å². The molecule has 1 atom stereocenters. The van der Waals surface area contributed by atoms with Gasteiger partial charge in [0.25, 0.3) is 5.56 Å². The molecule has 4 nitrogen and oxygen atoms in total. The number of fused-ring (bicyclic) bond motifs is 1. The second kappa shape index (κ2) is 4.16. The quantitative estimate of drug-likeness (QED) is 0.911. The van der Waals surface area contributed by atoms with Gasteiger partial charge in [0, 0.05) is 18.5 Å². The summed E-state index contributed by atoms with van der Waals surface area (Å²) in [6, 6.07) is 3.82. The van der Waals surface area contributed by atoms with E-state index in [0.717, 1.165) is 35.3 Å². The summed E-state index contributed by atoms with van der Waals surface area (Å²) in [5.41, 5.74) is 8.94. The van der Waals surface area contributed by atoms with Crippen LogP contribution in [0.5, 0.6) is 0 Å². The number of rotatable bonds is 2. The first-order valence-corrected chi connectivity index (χ1v) is 7.11. The van der Waals surface area contributed by atoms with Gasteiger partial charge < -0.3 is 5.73 Å². The van der Waals surface area contributed by atoms with E-state index in [1.54, 1.807) is 4.57 Å². The molecule has 1 aliphatic carbocycles. The van der Waals surface area contributed by atoms with Crippen molar-refractivity contribution in [2.24, 2.45) is 12.8 Å². The summed E-state index contributed by atoms with van der Waals surface area (Å²) >= 11 is 0. The van der Waals surface area contributed by atoms with E-state index in [0.29, 0.717) is 5.39 Å². The van der Waals surface area contributed by atoms with Crippen LogP contribution in [0.1, 0.15) is 49.7 Å². The summed E-state index contributed by atoms with van der Waals surface area (Å²) in [6.07, 6.45) is 2.19. The lowest BCUT2D eigenvalue weighted by Crippen LogP contribution is -2.27. The van der Waals surface area contributed by atoms with Gasteiger partial charge in [0.2, 0.25) is 0 Å². The largest absolute Gasteiger partial charge is 0.324 e. The zero-order valence-electron chi connectivity index (χ0n) is 12.5. The number of nitrogens with zero attached hydrogens (tertiary/aromatic N) is 2. The van der Waals surface area contributed by atoms with Gasteiger partial charge in [-0.05, 0) is 43.9 Å². The monoisotopic (exact) mass is 271 g/mol. The van der Waals surface area contributed by atoms with Crippen LogP contribution in [-0.4, -0.2) is 9.55 Å². The van der Waals surface area contributed by atoms with E-state index in [1.165, 1.54) is 0 Å². The summed E-state index contributed by atoms with van der Waals surface area (Å²) in [5, 5.41) is 0.674. The van der Waals surface area contributed by atoms with Gasteiger partial charge in [-0.1, -0.05) is 13.0 Å². The molecule has 1 fully saturated rings. The fraction of sp³-hybridized carbons (Fsp3) is 0.500. The molecule has 0 saturated heterocycles. The minimum absolute atomic E-state index is 0.0312. The predicted octanol–water partition coefficient (Wildman–Crippen LogP) is 2.31. The van der Waals surface area contributed by atoms with Crippen LogP contribution in [0.4, 0.5) is 0 Å². The van der Waals surface area contributed by atoms with Crippen molar-refractivity contribution in [1.29, 1.82) is 0 Å². The van der Waals surface area contributed by atoms with Crippen LogP contribution < -0.4 is 11.3 Å². The Kier molecular flexibility index (Phi) is 2.77. The third kappa shape index (κ3) is 1.86. The van der Waals surface area contributed by atoms with Crippen molar-refractivity contribution >= 4 is 10.9 Å². The first-order chi connectivity index (χ1) is 9.33. The molecule has 1 aliphatic rings. The summed E-state index contributed by atoms with van der Waals surface area (Å²) in [4.78, 5) is 17.4. The van der Waals surface area contributed by atoms with E-state index < -0.39 is 0 Å². The molecule has 0 bridgehead atoms. The molecule has 106 valence electrons. The molecule has 2 aromatic rings. The maximum Gasteiger partial charge on any atom is 0.261 e. The lowest BCUT2D eigenvalue weighted by atomic mass is 10.0. The highest BCUT2D eigenvalue weighted by Gasteiger charge is 2.43. The van der Waals surface area contributed by atoms with E-state index in [4.69, 9.17) is 10.7 Å². The number of hydrogen-bond acceptors (Lipinski definition) is 3. The Labute approximate surface area is 118 Å². The SMILES string of the molecule is Cc1cc([C@@H](C)N)c2nc(C3(C)CC3)n(C)c(=O)c2c1. The van der Waals surface area contributed by atoms with Crippen molar-refractivity contribution in [3.63, 3.8) is 0 Å². The first kappa shape index (κ1) is 13.3. The second-order valence-corrected chi connectivity index (χ2v) is 6.40. The average molecular weight is 271 g/mol. The van der Waals surface area contributed by atoms with Gasteiger partial charge in [-0.3, -0.25) is 9.36 Å². The molecule has 0 aliphatic heterocycles. The highest BCUT2D eigenvalue weighted by Crippen LogP contribution is 2.46. The summed E-state index contributed by atoms with van der Waals surface area (Å²) in [7, 11) is 1.82. The smallest absolute Gasteiger partial charge is 0.261 e. The zero-order valence-corrected chi connectivity index (χ0v) is 12.5. The van der Waals surface area contributed by atoms with E-state index in [1.807, 2.05) is 33.0 Å². The zero-order chi connectivity index (χ0) is 14.7. The van der Waals surface area contributed by atoms with Gasteiger partial charge in [0.15, 0.2) is 0 Å². The molecule has 0 amide bonds. The highest BCUT2D eigenvalue weighted by molar-refractivity contribution is 5.82. The van der Waals surface area contributed by atoms with Gasteiger partial charge in [0.1, 0.15) is 5.82 Å². The molecule has 3 rings (SSSR count). The minimum atomic E-state index is -0.128. The van der Waals surface area contributed by atoms with Crippen LogP contribution in [0.25, 0.3) is 10.9 Å². The molecule has 0 radical (unpaired) electrons. The molecule has 1 aromatic carbocycles. The third-order valence-electron chi connectivity index (χ3n) is 4.38. The fourth-order valence-corrected chi connectivity index (χ4v) is 2.85. The minimum Gasteiger partial charge on any atom is -0.324 e. The topological polar surface area (TPSA) is 60.9 Å². The van der Waals surface area contributed by atoms with Crippen molar-refractivity contribution in [2.45, 2.75) is 45.1 Å². The summed E-state index contributed by atoms with van der Waals surface area (Å²) in [5.74, 6) is 0.890. The third-order valence-corrected chi connectivity index (χ3v) is 4.38. The Balaban J connectivity index is 2.43. The molecule has 1 heterocycles. The standard InChI is InChI=1S/C16H21N3O/c1-9-7-11(10(2)17)13-12(8-9)14(20)19(4)15(18-13)16(3)5-6-16/h7-8,10H,5-6,17H2,1-4H3/t10-/m1/s1. The van der Waals surface area contributed by atoms with Crippen molar-refractivity contribution in [2.75, 3.05) is 0 Å². The Morgan fingerprint density at radius 2 is 2.05 bits per heavy atom. The molecular weight excluding hydrogens is 250 g/mol. The summed E-state index contributed by atoms with van der Waals surface area (Å²) < 4.78 is 1.71. The van der Waals surface area contributed by atoms with Crippen molar-refractivity contribution < 1.29 is 0 Å². The second-order valence-electron chi connectivity index (χ2n) is 6.40. The van der Waals surface area contributed by atoms with Gasteiger partial charge >= 0.3 is 0 Å². The van der Waals surface area contributed by atoms with Crippen molar-refractivity contribution in [3.8, 4) is 0 Å². The lowest BCUT2D eigenvalue weighted by Gasteiger charge is -2.17. The van der Waals surface area contributed by atoms with Crippen LogP contribution in [0.2, 0.25) is 0 Å². The van der Waals surface area contributed by atoms with Gasteiger partial charge in [0.05, 0.1) is 10.9 Å². The number of aryl methyl sites for hydroxylation is 1. The average Bonchev–Trinajstić information content (AvgIpc) is 3.12. The normalized spacial score (nSPS) is 18.2. The number of benzene rings is 1. The highest BCUT2D eigenvalue weighted by atomic mass is 16.1. The van der Waals surface area contributed by atoms with Gasteiger partial charge in [-0.25, -0.2) is 4.98 Å². The first-order valence-electron chi connectivity index (χ1n) is 7.11. The van der Waals surface area contributed by atoms with Crippen LogP contribution in [0, 0.1) is 6.92 Å². The molecule has 20 heavy (non-hydrogen) atoms. The van der Waals surface area contributed by atoms with Crippen LogP contribution in [0.3, 0.4) is 0 Å². The van der Waals surface area contributed by atoms with Gasteiger partial charge in [-0.15, -0.1) is 0 Å². The van der Waals surface area contributed by atoms with Crippen LogP contribution >= 0.6 is 0 Å². The maximum atomic E-state index is 12.6. The predicted molar refractivity (Wildman–Crippen MR) is 80.9 cm³/mol. The fourth-order valence-electron chi connectivity index (χ4n) is 2.85. The number of hydrogen-bond donors (Lipinski definition) is 1. The Morgan fingerprint density at radius 3 is 2.60 bits per heavy atom. The molecule has 0 unspecified atom stereocenters. The molecular formula is C16H21N3O. The summed E-state index contributed by atoms with van der Waals surface area (Å²) in [6.45, 7) is 6.09. The lowest BCUT2D eigenvalue weighted by molar-refractivity contribution is 0.631. The van der Waals surface area contributed by atoms with Crippen LogP contribution in [-0.2, 0) is 12.5 Å². The molecule has 4 heteroatoms. The van der Waals surface area contributed by atoms with Gasteiger partial charge in [-0.2, -0.15) is 0 Å². The van der Waals surface area contributed by atoms with E-state index in [-0.39, 0.29) is 17.0 Å². The molecule has 1 aromatic heterocycles.